The minimum absolute atomic E-state index is 0.0458. The summed E-state index contributed by atoms with van der Waals surface area (Å²) in [6.07, 6.45) is 0. The van der Waals surface area contributed by atoms with Crippen molar-refractivity contribution in [2.45, 2.75) is 38.1 Å². The number of benzene rings is 1. The number of rotatable bonds is 5. The third-order valence-electron chi connectivity index (χ3n) is 3.79. The fraction of sp³-hybridized carbons (Fsp3) is 0.278. The van der Waals surface area contributed by atoms with Gasteiger partial charge in [-0.3, -0.25) is 9.59 Å². The third-order valence-corrected chi connectivity index (χ3v) is 4.74. The van der Waals surface area contributed by atoms with Crippen molar-refractivity contribution < 1.29 is 9.59 Å². The highest BCUT2D eigenvalue weighted by atomic mass is 32.2. The molecule has 3 aromatic rings. The molecule has 0 aliphatic carbocycles. The SMILES string of the molecule is CC(=O)c1cccc(NC(=O)[C@H](C)Sc2nc3nc(C)cc(C)n3n2)c1. The average molecular weight is 369 g/mol. The second-order valence-corrected chi connectivity index (χ2v) is 7.34. The summed E-state index contributed by atoms with van der Waals surface area (Å²) >= 11 is 1.26. The number of carbonyl (C=O) groups excluding carboxylic acids is 2. The largest absolute Gasteiger partial charge is 0.325 e. The maximum Gasteiger partial charge on any atom is 0.253 e. The van der Waals surface area contributed by atoms with E-state index in [2.05, 4.69) is 20.4 Å². The van der Waals surface area contributed by atoms with E-state index < -0.39 is 5.25 Å². The van der Waals surface area contributed by atoms with Crippen LogP contribution in [0.15, 0.2) is 35.5 Å². The molecule has 0 unspecified atom stereocenters. The molecular weight excluding hydrogens is 350 g/mol. The Hall–Kier alpha value is -2.74. The Kier molecular flexibility index (Phi) is 5.03. The van der Waals surface area contributed by atoms with Gasteiger partial charge in [0.1, 0.15) is 0 Å². The molecule has 8 heteroatoms. The summed E-state index contributed by atoms with van der Waals surface area (Å²) in [5, 5.41) is 7.31. The van der Waals surface area contributed by atoms with Crippen molar-refractivity contribution in [2.24, 2.45) is 0 Å². The van der Waals surface area contributed by atoms with Gasteiger partial charge >= 0.3 is 0 Å². The first-order valence-corrected chi connectivity index (χ1v) is 9.01. The summed E-state index contributed by atoms with van der Waals surface area (Å²) in [5.41, 5.74) is 2.95. The standard InChI is InChI=1S/C18H19N5O2S/c1-10-8-11(2)23-17(19-10)21-18(22-23)26-13(4)16(25)20-15-7-5-6-14(9-15)12(3)24/h5-9,13H,1-4H3,(H,20,25)/t13-/m0/s1. The smallest absolute Gasteiger partial charge is 0.253 e. The number of aromatic nitrogens is 4. The number of aryl methyl sites for hydroxylation is 2. The van der Waals surface area contributed by atoms with E-state index in [9.17, 15) is 9.59 Å². The van der Waals surface area contributed by atoms with E-state index in [-0.39, 0.29) is 11.7 Å². The fourth-order valence-corrected chi connectivity index (χ4v) is 3.21. The molecule has 0 spiro atoms. The highest BCUT2D eigenvalue weighted by Crippen LogP contribution is 2.22. The summed E-state index contributed by atoms with van der Waals surface area (Å²) in [5.74, 6) is 0.290. The number of anilines is 1. The van der Waals surface area contributed by atoms with E-state index in [1.165, 1.54) is 18.7 Å². The Morgan fingerprint density at radius 1 is 1.19 bits per heavy atom. The molecule has 3 rings (SSSR count). The first-order chi connectivity index (χ1) is 12.3. The lowest BCUT2D eigenvalue weighted by atomic mass is 10.1. The molecule has 0 saturated carbocycles. The van der Waals surface area contributed by atoms with Gasteiger partial charge in [0.25, 0.3) is 5.78 Å². The van der Waals surface area contributed by atoms with Crippen LogP contribution in [0.1, 0.15) is 35.6 Å². The molecule has 0 aliphatic rings. The Labute approximate surface area is 155 Å². The van der Waals surface area contributed by atoms with E-state index >= 15 is 0 Å². The maximum atomic E-state index is 12.4. The number of hydrogen-bond acceptors (Lipinski definition) is 6. The number of carbonyl (C=O) groups is 2. The predicted molar refractivity (Wildman–Crippen MR) is 101 cm³/mol. The zero-order chi connectivity index (χ0) is 18.8. The van der Waals surface area contributed by atoms with Crippen LogP contribution in [0.4, 0.5) is 5.69 Å². The summed E-state index contributed by atoms with van der Waals surface area (Å²) in [7, 11) is 0. The highest BCUT2D eigenvalue weighted by Gasteiger charge is 2.18. The van der Waals surface area contributed by atoms with E-state index in [0.717, 1.165) is 11.4 Å². The van der Waals surface area contributed by atoms with Gasteiger partial charge < -0.3 is 5.32 Å². The number of fused-ring (bicyclic) bond motifs is 1. The van der Waals surface area contributed by atoms with Crippen molar-refractivity contribution >= 4 is 34.9 Å². The second-order valence-electron chi connectivity index (χ2n) is 6.03. The van der Waals surface area contributed by atoms with Crippen molar-refractivity contribution in [2.75, 3.05) is 5.32 Å². The van der Waals surface area contributed by atoms with Gasteiger partial charge in [-0.15, -0.1) is 5.10 Å². The summed E-state index contributed by atoms with van der Waals surface area (Å²) < 4.78 is 1.66. The van der Waals surface area contributed by atoms with Gasteiger partial charge in [-0.25, -0.2) is 9.50 Å². The monoisotopic (exact) mass is 369 g/mol. The molecule has 1 aromatic carbocycles. The van der Waals surface area contributed by atoms with Gasteiger partial charge in [0.15, 0.2) is 5.78 Å². The normalized spacial score (nSPS) is 12.2. The van der Waals surface area contributed by atoms with Crippen LogP contribution in [0.2, 0.25) is 0 Å². The Morgan fingerprint density at radius 2 is 1.96 bits per heavy atom. The van der Waals surface area contributed by atoms with Crippen LogP contribution in [0.5, 0.6) is 0 Å². The van der Waals surface area contributed by atoms with Gasteiger partial charge in [0.2, 0.25) is 11.1 Å². The van der Waals surface area contributed by atoms with Crippen LogP contribution in [0, 0.1) is 13.8 Å². The number of ketones is 1. The number of nitrogens with zero attached hydrogens (tertiary/aromatic N) is 4. The summed E-state index contributed by atoms with van der Waals surface area (Å²) in [6, 6.07) is 8.80. The molecule has 7 nitrogen and oxygen atoms in total. The molecule has 0 fully saturated rings. The van der Waals surface area contributed by atoms with Crippen LogP contribution >= 0.6 is 11.8 Å². The molecule has 0 bridgehead atoms. The lowest BCUT2D eigenvalue weighted by Crippen LogP contribution is -2.22. The Bertz CT molecular complexity index is 998. The number of thioether (sulfide) groups is 1. The number of nitrogens with one attached hydrogen (secondary N) is 1. The predicted octanol–water partition coefficient (Wildman–Crippen LogP) is 3.06. The van der Waals surface area contributed by atoms with E-state index in [1.54, 1.807) is 35.7 Å². The van der Waals surface area contributed by atoms with Crippen LogP contribution < -0.4 is 5.32 Å². The van der Waals surface area contributed by atoms with E-state index in [0.29, 0.717) is 22.2 Å². The third kappa shape index (κ3) is 3.91. The molecule has 1 amide bonds. The Morgan fingerprint density at radius 3 is 2.69 bits per heavy atom. The molecule has 2 heterocycles. The first-order valence-electron chi connectivity index (χ1n) is 8.13. The minimum atomic E-state index is -0.408. The fourth-order valence-electron chi connectivity index (χ4n) is 2.47. The van der Waals surface area contributed by atoms with Crippen LogP contribution in [-0.4, -0.2) is 36.5 Å². The number of hydrogen-bond donors (Lipinski definition) is 1. The maximum absolute atomic E-state index is 12.4. The molecule has 0 radical (unpaired) electrons. The number of Topliss-reactive ketones (excluding diaryl/α,β-unsaturated/α-hetero) is 1. The highest BCUT2D eigenvalue weighted by molar-refractivity contribution is 8.00. The quantitative estimate of drug-likeness (QED) is 0.549. The summed E-state index contributed by atoms with van der Waals surface area (Å²) in [6.45, 7) is 7.11. The van der Waals surface area contributed by atoms with Crippen molar-refractivity contribution in [3.05, 3.63) is 47.3 Å². The number of amides is 1. The molecule has 1 N–H and O–H groups in total. The summed E-state index contributed by atoms with van der Waals surface area (Å²) in [4.78, 5) is 32.6. The van der Waals surface area contributed by atoms with Crippen molar-refractivity contribution in [1.29, 1.82) is 0 Å². The zero-order valence-corrected chi connectivity index (χ0v) is 15.8. The van der Waals surface area contributed by atoms with E-state index in [1.807, 2.05) is 19.9 Å². The zero-order valence-electron chi connectivity index (χ0n) is 15.0. The molecule has 0 aliphatic heterocycles. The van der Waals surface area contributed by atoms with Gasteiger partial charge in [0, 0.05) is 22.6 Å². The lowest BCUT2D eigenvalue weighted by Gasteiger charge is -2.10. The van der Waals surface area contributed by atoms with Gasteiger partial charge in [0.05, 0.1) is 5.25 Å². The minimum Gasteiger partial charge on any atom is -0.325 e. The molecular formula is C18H19N5O2S. The van der Waals surface area contributed by atoms with Crippen molar-refractivity contribution in [3.8, 4) is 0 Å². The first kappa shape index (κ1) is 18.1. The van der Waals surface area contributed by atoms with Crippen molar-refractivity contribution in [1.82, 2.24) is 19.6 Å². The van der Waals surface area contributed by atoms with Gasteiger partial charge in [-0.1, -0.05) is 23.9 Å². The van der Waals surface area contributed by atoms with Crippen LogP contribution in [0.3, 0.4) is 0 Å². The lowest BCUT2D eigenvalue weighted by molar-refractivity contribution is -0.115. The molecule has 26 heavy (non-hydrogen) atoms. The van der Waals surface area contributed by atoms with Gasteiger partial charge in [-0.05, 0) is 45.9 Å². The molecule has 2 aromatic heterocycles. The van der Waals surface area contributed by atoms with E-state index in [4.69, 9.17) is 0 Å². The molecule has 1 atom stereocenters. The molecule has 134 valence electrons. The average Bonchev–Trinajstić information content (AvgIpc) is 2.97. The Balaban J connectivity index is 1.72. The van der Waals surface area contributed by atoms with Crippen LogP contribution in [0.25, 0.3) is 5.78 Å². The molecule has 0 saturated heterocycles. The second kappa shape index (κ2) is 7.25. The topological polar surface area (TPSA) is 89.2 Å². The van der Waals surface area contributed by atoms with Gasteiger partial charge in [-0.2, -0.15) is 4.98 Å². The van der Waals surface area contributed by atoms with Crippen LogP contribution in [-0.2, 0) is 4.79 Å². The van der Waals surface area contributed by atoms with Crippen molar-refractivity contribution in [3.63, 3.8) is 0 Å².